The highest BCUT2D eigenvalue weighted by Gasteiger charge is 2.23. The molecule has 1 atom stereocenters. The molecule has 1 aliphatic heterocycles. The van der Waals surface area contributed by atoms with Crippen LogP contribution in [-0.4, -0.2) is 33.9 Å². The first-order valence-corrected chi connectivity index (χ1v) is 8.38. The molecule has 0 radical (unpaired) electrons. The van der Waals surface area contributed by atoms with E-state index >= 15 is 0 Å². The van der Waals surface area contributed by atoms with Crippen LogP contribution >= 0.6 is 0 Å². The van der Waals surface area contributed by atoms with Crippen molar-refractivity contribution in [3.63, 3.8) is 0 Å². The van der Waals surface area contributed by atoms with Crippen LogP contribution in [-0.2, 0) is 6.54 Å². The zero-order chi connectivity index (χ0) is 17.8. The third kappa shape index (κ3) is 3.37. The number of ether oxygens (including phenoxy) is 2. The number of nitrogens with zero attached hydrogens (tertiary/aromatic N) is 3. The molecule has 1 N–H and O–H groups in total. The Hall–Kier alpha value is -3.35. The van der Waals surface area contributed by atoms with Gasteiger partial charge in [0.15, 0.2) is 11.5 Å². The summed E-state index contributed by atoms with van der Waals surface area (Å²) in [5, 5.41) is 7.22. The van der Waals surface area contributed by atoms with Crippen molar-refractivity contribution in [1.29, 1.82) is 0 Å². The molecular weight excluding hydrogens is 332 g/mol. The maximum absolute atomic E-state index is 12.9. The number of benzene rings is 2. The summed E-state index contributed by atoms with van der Waals surface area (Å²) in [6, 6.07) is 14.8. The highest BCUT2D eigenvalue weighted by atomic mass is 16.6. The van der Waals surface area contributed by atoms with Crippen LogP contribution in [0.3, 0.4) is 0 Å². The molecule has 3 aromatic rings. The number of amides is 1. The van der Waals surface area contributed by atoms with Crippen LogP contribution in [0.15, 0.2) is 61.2 Å². The topological polar surface area (TPSA) is 78.3 Å². The summed E-state index contributed by atoms with van der Waals surface area (Å²) in [7, 11) is 0. The monoisotopic (exact) mass is 350 g/mol. The number of rotatable bonds is 5. The first kappa shape index (κ1) is 16.1. The van der Waals surface area contributed by atoms with Crippen molar-refractivity contribution < 1.29 is 14.3 Å². The van der Waals surface area contributed by atoms with E-state index in [4.69, 9.17) is 9.47 Å². The fraction of sp³-hybridized carbons (Fsp3) is 0.211. The van der Waals surface area contributed by atoms with Gasteiger partial charge < -0.3 is 14.8 Å². The average molecular weight is 350 g/mol. The second-order valence-corrected chi connectivity index (χ2v) is 5.88. The van der Waals surface area contributed by atoms with Gasteiger partial charge in [0.25, 0.3) is 5.91 Å². The van der Waals surface area contributed by atoms with Gasteiger partial charge in [-0.3, -0.25) is 9.48 Å². The van der Waals surface area contributed by atoms with E-state index in [-0.39, 0.29) is 11.9 Å². The van der Waals surface area contributed by atoms with Crippen LogP contribution in [0.25, 0.3) is 0 Å². The molecular formula is C19H18N4O3. The van der Waals surface area contributed by atoms with Gasteiger partial charge in [-0.1, -0.05) is 36.4 Å². The zero-order valence-electron chi connectivity index (χ0n) is 14.0. The van der Waals surface area contributed by atoms with E-state index in [0.29, 0.717) is 36.8 Å². The molecule has 7 nitrogen and oxygen atoms in total. The first-order chi connectivity index (χ1) is 12.8. The average Bonchev–Trinajstić information content (AvgIpc) is 3.21. The predicted molar refractivity (Wildman–Crippen MR) is 94.1 cm³/mol. The van der Waals surface area contributed by atoms with Crippen LogP contribution in [0, 0.1) is 0 Å². The lowest BCUT2D eigenvalue weighted by Gasteiger charge is -2.23. The molecule has 1 aliphatic rings. The third-order valence-corrected chi connectivity index (χ3v) is 4.15. The summed E-state index contributed by atoms with van der Waals surface area (Å²) >= 11 is 0. The summed E-state index contributed by atoms with van der Waals surface area (Å²) in [5.41, 5.74) is 1.44. The SMILES string of the molecule is O=C(N[C@@H](Cn1cncn1)c1ccccc1)c1cccc2c1OCCO2. The number of nitrogens with one attached hydrogen (secondary N) is 1. The standard InChI is InChI=1S/C19H18N4O3/c24-19(15-7-4-8-17-18(15)26-10-9-25-17)22-16(11-23-13-20-12-21-23)14-5-2-1-3-6-14/h1-8,12-13,16H,9-11H2,(H,22,24)/t16-/m0/s1. The highest BCUT2D eigenvalue weighted by Crippen LogP contribution is 2.33. The smallest absolute Gasteiger partial charge is 0.255 e. The minimum absolute atomic E-state index is 0.221. The Morgan fingerprint density at radius 3 is 2.77 bits per heavy atom. The molecule has 2 aromatic carbocycles. The first-order valence-electron chi connectivity index (χ1n) is 8.38. The van der Waals surface area contributed by atoms with Crippen LogP contribution in [0.2, 0.25) is 0 Å². The molecule has 0 fully saturated rings. The van der Waals surface area contributed by atoms with Gasteiger partial charge in [-0.05, 0) is 17.7 Å². The molecule has 4 rings (SSSR count). The Labute approximate surface area is 150 Å². The van der Waals surface area contributed by atoms with Crippen LogP contribution in [0.1, 0.15) is 22.0 Å². The maximum Gasteiger partial charge on any atom is 0.255 e. The number of carbonyl (C=O) groups excluding carboxylic acids is 1. The zero-order valence-corrected chi connectivity index (χ0v) is 14.0. The molecule has 0 unspecified atom stereocenters. The van der Waals surface area contributed by atoms with Gasteiger partial charge in [0, 0.05) is 0 Å². The minimum Gasteiger partial charge on any atom is -0.486 e. The third-order valence-electron chi connectivity index (χ3n) is 4.15. The molecule has 1 aromatic heterocycles. The van der Waals surface area contributed by atoms with E-state index in [1.54, 1.807) is 29.2 Å². The summed E-state index contributed by atoms with van der Waals surface area (Å²) < 4.78 is 12.9. The molecule has 0 spiro atoms. The van der Waals surface area contributed by atoms with Crippen molar-refractivity contribution >= 4 is 5.91 Å². The summed E-state index contributed by atoms with van der Waals surface area (Å²) in [4.78, 5) is 16.9. The van der Waals surface area contributed by atoms with E-state index in [1.807, 2.05) is 30.3 Å². The van der Waals surface area contributed by atoms with Gasteiger partial charge in [-0.15, -0.1) is 0 Å². The highest BCUT2D eigenvalue weighted by molar-refractivity contribution is 5.98. The van der Waals surface area contributed by atoms with Crippen molar-refractivity contribution in [2.45, 2.75) is 12.6 Å². The molecule has 0 bridgehead atoms. The predicted octanol–water partition coefficient (Wildman–Crippen LogP) is 2.22. The van der Waals surface area contributed by atoms with Crippen molar-refractivity contribution in [3.8, 4) is 11.5 Å². The Morgan fingerprint density at radius 1 is 1.12 bits per heavy atom. The largest absolute Gasteiger partial charge is 0.486 e. The van der Waals surface area contributed by atoms with Crippen molar-refractivity contribution in [3.05, 3.63) is 72.3 Å². The molecule has 1 amide bonds. The molecule has 0 aliphatic carbocycles. The number of aromatic nitrogens is 3. The lowest BCUT2D eigenvalue weighted by Crippen LogP contribution is -2.32. The van der Waals surface area contributed by atoms with Gasteiger partial charge in [0.1, 0.15) is 25.9 Å². The van der Waals surface area contributed by atoms with E-state index < -0.39 is 0 Å². The van der Waals surface area contributed by atoms with Crippen molar-refractivity contribution in [1.82, 2.24) is 20.1 Å². The maximum atomic E-state index is 12.9. The van der Waals surface area contributed by atoms with Crippen molar-refractivity contribution in [2.24, 2.45) is 0 Å². The van der Waals surface area contributed by atoms with Gasteiger partial charge in [-0.2, -0.15) is 5.10 Å². The number of fused-ring (bicyclic) bond motifs is 1. The Bertz CT molecular complexity index is 881. The second kappa shape index (κ2) is 7.26. The minimum atomic E-state index is -0.259. The van der Waals surface area contributed by atoms with Gasteiger partial charge >= 0.3 is 0 Å². The summed E-state index contributed by atoms with van der Waals surface area (Å²) in [6.07, 6.45) is 3.10. The number of hydrogen-bond acceptors (Lipinski definition) is 5. The fourth-order valence-corrected chi connectivity index (χ4v) is 2.92. The summed E-state index contributed by atoms with van der Waals surface area (Å²) in [5.74, 6) is 0.863. The second-order valence-electron chi connectivity index (χ2n) is 5.88. The van der Waals surface area contributed by atoms with E-state index in [9.17, 15) is 4.79 Å². The molecule has 0 saturated heterocycles. The Kier molecular flexibility index (Phi) is 4.51. The molecule has 0 saturated carbocycles. The number of carbonyl (C=O) groups is 1. The Balaban J connectivity index is 1.60. The number of hydrogen-bond donors (Lipinski definition) is 1. The van der Waals surface area contributed by atoms with Crippen molar-refractivity contribution in [2.75, 3.05) is 13.2 Å². The van der Waals surface area contributed by atoms with Gasteiger partial charge in [-0.25, -0.2) is 4.98 Å². The number of para-hydroxylation sites is 1. The fourth-order valence-electron chi connectivity index (χ4n) is 2.92. The quantitative estimate of drug-likeness (QED) is 0.763. The molecule has 2 heterocycles. The normalized spacial score (nSPS) is 13.8. The van der Waals surface area contributed by atoms with E-state index in [1.165, 1.54) is 6.33 Å². The van der Waals surface area contributed by atoms with E-state index in [2.05, 4.69) is 15.4 Å². The van der Waals surface area contributed by atoms with E-state index in [0.717, 1.165) is 5.56 Å². The lowest BCUT2D eigenvalue weighted by molar-refractivity contribution is 0.0920. The summed E-state index contributed by atoms with van der Waals surface area (Å²) in [6.45, 7) is 1.39. The van der Waals surface area contributed by atoms with Crippen LogP contribution < -0.4 is 14.8 Å². The molecule has 7 heteroatoms. The lowest BCUT2D eigenvalue weighted by atomic mass is 10.1. The molecule has 26 heavy (non-hydrogen) atoms. The molecule has 132 valence electrons. The van der Waals surface area contributed by atoms with Gasteiger partial charge in [0.05, 0.1) is 18.2 Å². The van der Waals surface area contributed by atoms with Crippen LogP contribution in [0.5, 0.6) is 11.5 Å². The van der Waals surface area contributed by atoms with Gasteiger partial charge in [0.2, 0.25) is 0 Å². The Morgan fingerprint density at radius 2 is 1.96 bits per heavy atom. The van der Waals surface area contributed by atoms with Crippen LogP contribution in [0.4, 0.5) is 0 Å².